The molecule has 0 saturated carbocycles. The maximum atomic E-state index is 12.2. The number of amides is 1. The zero-order valence-corrected chi connectivity index (χ0v) is 13.0. The molecule has 2 heterocycles. The summed E-state index contributed by atoms with van der Waals surface area (Å²) in [6.07, 6.45) is 1.53. The Morgan fingerprint density at radius 2 is 1.95 bits per heavy atom. The van der Waals surface area contributed by atoms with Crippen molar-refractivity contribution in [1.29, 1.82) is 0 Å². The van der Waals surface area contributed by atoms with Gasteiger partial charge in [-0.3, -0.25) is 19.0 Å². The minimum Gasteiger partial charge on any atom is -0.480 e. The molecule has 1 amide bonds. The predicted octanol–water partition coefficient (Wildman–Crippen LogP) is 0.556. The van der Waals surface area contributed by atoms with Gasteiger partial charge in [0.15, 0.2) is 0 Å². The van der Waals surface area contributed by atoms with Gasteiger partial charge in [0.05, 0.1) is 17.5 Å². The van der Waals surface area contributed by atoms with E-state index in [9.17, 15) is 9.59 Å². The highest BCUT2D eigenvalue weighted by Crippen LogP contribution is 2.13. The monoisotopic (exact) mass is 305 g/mol. The summed E-state index contributed by atoms with van der Waals surface area (Å²) in [5.41, 5.74) is 3.59. The summed E-state index contributed by atoms with van der Waals surface area (Å²) in [5, 5.41) is 19.9. The van der Waals surface area contributed by atoms with Gasteiger partial charge < -0.3 is 10.4 Å². The van der Waals surface area contributed by atoms with Crippen LogP contribution in [0.2, 0.25) is 0 Å². The topological polar surface area (TPSA) is 102 Å². The van der Waals surface area contributed by atoms with Gasteiger partial charge in [0, 0.05) is 30.5 Å². The van der Waals surface area contributed by atoms with Crippen LogP contribution in [-0.4, -0.2) is 36.5 Å². The first-order valence-corrected chi connectivity index (χ1v) is 6.82. The van der Waals surface area contributed by atoms with E-state index in [0.29, 0.717) is 17.8 Å². The second-order valence-corrected chi connectivity index (χ2v) is 5.15. The Hall–Kier alpha value is -2.64. The first-order valence-electron chi connectivity index (χ1n) is 6.82. The largest absolute Gasteiger partial charge is 0.480 e. The number of rotatable bonds is 5. The average molecular weight is 305 g/mol. The zero-order valence-electron chi connectivity index (χ0n) is 13.0. The Kier molecular flexibility index (Phi) is 4.30. The van der Waals surface area contributed by atoms with Crippen LogP contribution in [0.25, 0.3) is 0 Å². The van der Waals surface area contributed by atoms with E-state index >= 15 is 0 Å². The number of nitrogens with one attached hydrogen (secondary N) is 1. The fraction of sp³-hybridized carbons (Fsp3) is 0.429. The van der Waals surface area contributed by atoms with Crippen molar-refractivity contribution in [3.8, 4) is 0 Å². The van der Waals surface area contributed by atoms with E-state index in [1.54, 1.807) is 25.6 Å². The van der Waals surface area contributed by atoms with Gasteiger partial charge in [-0.2, -0.15) is 10.2 Å². The fourth-order valence-electron chi connectivity index (χ4n) is 2.26. The van der Waals surface area contributed by atoms with E-state index in [1.165, 1.54) is 10.9 Å². The summed E-state index contributed by atoms with van der Waals surface area (Å²) >= 11 is 0. The standard InChI is InChI=1S/C14H19N5O3/c1-8-11(10(3)19(17-8)7-13(20)21)5-15-14(22)12-6-16-18(4)9(12)2/h6H,5,7H2,1-4H3,(H,15,22)(H,20,21). The number of hydrogen-bond donors (Lipinski definition) is 2. The van der Waals surface area contributed by atoms with Crippen LogP contribution in [0.15, 0.2) is 6.20 Å². The molecule has 0 spiro atoms. The predicted molar refractivity (Wildman–Crippen MR) is 78.5 cm³/mol. The van der Waals surface area contributed by atoms with E-state index in [0.717, 1.165) is 17.0 Å². The van der Waals surface area contributed by atoms with Crippen LogP contribution in [-0.2, 0) is 24.9 Å². The second kappa shape index (κ2) is 6.00. The molecule has 2 aromatic heterocycles. The third-order valence-electron chi connectivity index (χ3n) is 3.72. The van der Waals surface area contributed by atoms with Gasteiger partial charge in [-0.05, 0) is 20.8 Å². The Morgan fingerprint density at radius 3 is 2.50 bits per heavy atom. The van der Waals surface area contributed by atoms with Gasteiger partial charge in [0.2, 0.25) is 0 Å². The summed E-state index contributed by atoms with van der Waals surface area (Å²) < 4.78 is 3.06. The third kappa shape index (κ3) is 3.00. The van der Waals surface area contributed by atoms with E-state index in [1.807, 2.05) is 6.92 Å². The van der Waals surface area contributed by atoms with Crippen molar-refractivity contribution in [2.75, 3.05) is 0 Å². The van der Waals surface area contributed by atoms with Crippen molar-refractivity contribution in [2.45, 2.75) is 33.9 Å². The lowest BCUT2D eigenvalue weighted by molar-refractivity contribution is -0.137. The van der Waals surface area contributed by atoms with Crippen molar-refractivity contribution in [3.05, 3.63) is 34.4 Å². The maximum Gasteiger partial charge on any atom is 0.325 e. The van der Waals surface area contributed by atoms with Gasteiger partial charge >= 0.3 is 5.97 Å². The summed E-state index contributed by atoms with van der Waals surface area (Å²) in [6.45, 7) is 5.51. The van der Waals surface area contributed by atoms with E-state index in [-0.39, 0.29) is 12.5 Å². The zero-order chi connectivity index (χ0) is 16.4. The quantitative estimate of drug-likeness (QED) is 0.840. The van der Waals surface area contributed by atoms with Crippen LogP contribution in [0.5, 0.6) is 0 Å². The lowest BCUT2D eigenvalue weighted by Gasteiger charge is -2.06. The number of carboxylic acids is 1. The molecule has 0 saturated heterocycles. The number of aromatic nitrogens is 4. The Morgan fingerprint density at radius 1 is 1.27 bits per heavy atom. The molecule has 0 fully saturated rings. The lowest BCUT2D eigenvalue weighted by Crippen LogP contribution is -2.24. The first kappa shape index (κ1) is 15.7. The minimum absolute atomic E-state index is 0.192. The number of hydrogen-bond acceptors (Lipinski definition) is 4. The maximum absolute atomic E-state index is 12.2. The summed E-state index contributed by atoms with van der Waals surface area (Å²) in [6, 6.07) is 0. The summed E-state index contributed by atoms with van der Waals surface area (Å²) in [4.78, 5) is 23.0. The van der Waals surface area contributed by atoms with Gasteiger partial charge in [-0.25, -0.2) is 0 Å². The molecule has 0 aromatic carbocycles. The molecule has 2 aromatic rings. The van der Waals surface area contributed by atoms with Crippen molar-refractivity contribution >= 4 is 11.9 Å². The van der Waals surface area contributed by atoms with Crippen LogP contribution in [0.4, 0.5) is 0 Å². The molecule has 0 bridgehead atoms. The minimum atomic E-state index is -0.952. The lowest BCUT2D eigenvalue weighted by atomic mass is 10.2. The molecular formula is C14H19N5O3. The molecule has 0 radical (unpaired) electrons. The number of carbonyl (C=O) groups is 2. The number of nitrogens with zero attached hydrogens (tertiary/aromatic N) is 4. The second-order valence-electron chi connectivity index (χ2n) is 5.15. The Bertz CT molecular complexity index is 729. The molecule has 2 N–H and O–H groups in total. The SMILES string of the molecule is Cc1nn(CC(=O)O)c(C)c1CNC(=O)c1cnn(C)c1C. The number of aliphatic carboxylic acids is 1. The van der Waals surface area contributed by atoms with Crippen molar-refractivity contribution in [1.82, 2.24) is 24.9 Å². The van der Waals surface area contributed by atoms with Crippen molar-refractivity contribution < 1.29 is 14.7 Å². The highest BCUT2D eigenvalue weighted by Gasteiger charge is 2.16. The molecular weight excluding hydrogens is 286 g/mol. The van der Waals surface area contributed by atoms with E-state index in [2.05, 4.69) is 15.5 Å². The normalized spacial score (nSPS) is 10.7. The van der Waals surface area contributed by atoms with Crippen molar-refractivity contribution in [2.24, 2.45) is 7.05 Å². The van der Waals surface area contributed by atoms with Gasteiger partial charge in [-0.1, -0.05) is 0 Å². The smallest absolute Gasteiger partial charge is 0.325 e. The number of carboxylic acid groups (broad SMARTS) is 1. The average Bonchev–Trinajstić information content (AvgIpc) is 2.89. The molecule has 8 nitrogen and oxygen atoms in total. The Labute approximate surface area is 127 Å². The van der Waals surface area contributed by atoms with Crippen LogP contribution >= 0.6 is 0 Å². The van der Waals surface area contributed by atoms with Crippen LogP contribution in [0.1, 0.15) is 33.0 Å². The highest BCUT2D eigenvalue weighted by molar-refractivity contribution is 5.95. The van der Waals surface area contributed by atoms with Crippen LogP contribution in [0, 0.1) is 20.8 Å². The van der Waals surface area contributed by atoms with Crippen LogP contribution < -0.4 is 5.32 Å². The van der Waals surface area contributed by atoms with E-state index in [4.69, 9.17) is 5.11 Å². The molecule has 0 unspecified atom stereocenters. The highest BCUT2D eigenvalue weighted by atomic mass is 16.4. The molecule has 0 aliphatic rings. The van der Waals surface area contributed by atoms with Gasteiger partial charge in [-0.15, -0.1) is 0 Å². The first-order chi connectivity index (χ1) is 10.3. The molecule has 0 atom stereocenters. The van der Waals surface area contributed by atoms with Crippen LogP contribution in [0.3, 0.4) is 0 Å². The van der Waals surface area contributed by atoms with Gasteiger partial charge in [0.1, 0.15) is 6.54 Å². The molecule has 2 rings (SSSR count). The Balaban J connectivity index is 2.12. The molecule has 0 aliphatic heterocycles. The summed E-state index contributed by atoms with van der Waals surface area (Å²) in [5.74, 6) is -1.16. The number of carbonyl (C=O) groups excluding carboxylic acids is 1. The number of aryl methyl sites for hydroxylation is 2. The van der Waals surface area contributed by atoms with E-state index < -0.39 is 5.97 Å². The molecule has 0 aliphatic carbocycles. The summed E-state index contributed by atoms with van der Waals surface area (Å²) in [7, 11) is 1.77. The van der Waals surface area contributed by atoms with Gasteiger partial charge in [0.25, 0.3) is 5.91 Å². The molecule has 8 heteroatoms. The molecule has 118 valence electrons. The fourth-order valence-corrected chi connectivity index (χ4v) is 2.26. The molecule has 22 heavy (non-hydrogen) atoms. The van der Waals surface area contributed by atoms with Crippen molar-refractivity contribution in [3.63, 3.8) is 0 Å². The third-order valence-corrected chi connectivity index (χ3v) is 3.72.